The Balaban J connectivity index is 1.55. The molecule has 0 N–H and O–H groups in total. The van der Waals surface area contributed by atoms with Gasteiger partial charge < -0.3 is 4.57 Å². The molecule has 0 unspecified atom stereocenters. The van der Waals surface area contributed by atoms with E-state index in [1.54, 1.807) is 6.08 Å². The van der Waals surface area contributed by atoms with Crippen molar-refractivity contribution < 1.29 is 14.2 Å². The van der Waals surface area contributed by atoms with Gasteiger partial charge in [0.25, 0.3) is 0 Å². The van der Waals surface area contributed by atoms with Gasteiger partial charge in [-0.2, -0.15) is 4.58 Å². The van der Waals surface area contributed by atoms with Crippen LogP contribution in [0.15, 0.2) is 60.3 Å². The van der Waals surface area contributed by atoms with E-state index in [2.05, 4.69) is 13.8 Å². The molecule has 0 bridgehead atoms. The second-order valence-electron chi connectivity index (χ2n) is 8.66. The van der Waals surface area contributed by atoms with Gasteiger partial charge in [-0.25, -0.2) is 0 Å². The minimum Gasteiger partial charge on any atom is -0.350 e. The number of Topliss-reactive ketones (excluding diaryl/α,β-unsaturated/α-hetero) is 2. The van der Waals surface area contributed by atoms with Crippen LogP contribution in [0.3, 0.4) is 0 Å². The quantitative estimate of drug-likeness (QED) is 0.262. The minimum absolute atomic E-state index is 0.109. The monoisotopic (exact) mass is 417 g/mol. The topological polar surface area (TPSA) is 42.1 Å². The summed E-state index contributed by atoms with van der Waals surface area (Å²) in [6.07, 6.45) is 3.68. The summed E-state index contributed by atoms with van der Waals surface area (Å²) in [4.78, 5) is 26.2. The molecule has 0 spiro atoms. The van der Waals surface area contributed by atoms with Crippen LogP contribution < -0.4 is 0 Å². The van der Waals surface area contributed by atoms with Gasteiger partial charge in [-0.05, 0) is 37.6 Å². The Morgan fingerprint density at radius 1 is 1.10 bits per heavy atom. The predicted octanol–water partition coefficient (Wildman–Crippen LogP) is 4.70. The van der Waals surface area contributed by atoms with E-state index in [1.807, 2.05) is 71.9 Å². The Morgan fingerprint density at radius 2 is 1.80 bits per heavy atom. The molecule has 1 saturated carbocycles. The number of carbonyl (C=O) groups is 2. The highest BCUT2D eigenvalue weighted by Crippen LogP contribution is 2.43. The Labute approximate surface area is 180 Å². The number of benzene rings is 2. The molecule has 0 amide bonds. The predicted molar refractivity (Wildman–Crippen MR) is 119 cm³/mol. The average Bonchev–Trinajstić information content (AvgIpc) is 3.12. The molecular formula is C25H22ClN2O2+. The summed E-state index contributed by atoms with van der Waals surface area (Å²) in [6.45, 7) is 4.18. The van der Waals surface area contributed by atoms with E-state index in [-0.39, 0.29) is 22.6 Å². The Morgan fingerprint density at radius 3 is 2.53 bits per heavy atom. The molecule has 1 fully saturated rings. The zero-order valence-electron chi connectivity index (χ0n) is 17.4. The van der Waals surface area contributed by atoms with Crippen molar-refractivity contribution in [3.05, 3.63) is 76.5 Å². The van der Waals surface area contributed by atoms with Gasteiger partial charge in [-0.3, -0.25) is 9.59 Å². The van der Waals surface area contributed by atoms with Crippen LogP contribution in [0.1, 0.15) is 30.9 Å². The Bertz CT molecular complexity index is 1320. The molecule has 1 aliphatic carbocycles. The first-order chi connectivity index (χ1) is 14.2. The highest BCUT2D eigenvalue weighted by Gasteiger charge is 2.50. The number of halogens is 1. The zero-order chi connectivity index (χ0) is 21.4. The fourth-order valence-corrected chi connectivity index (χ4v) is 5.08. The molecule has 4 nitrogen and oxygen atoms in total. The van der Waals surface area contributed by atoms with Crippen molar-refractivity contribution >= 4 is 45.5 Å². The third-order valence-corrected chi connectivity index (χ3v) is 6.81. The van der Waals surface area contributed by atoms with Gasteiger partial charge in [0.05, 0.1) is 11.0 Å². The molecule has 0 radical (unpaired) electrons. The molecule has 5 rings (SSSR count). The number of nitrogens with zero attached hydrogens (tertiary/aromatic N) is 2. The minimum atomic E-state index is -0.713. The van der Waals surface area contributed by atoms with Crippen LogP contribution in [0.25, 0.3) is 10.9 Å². The van der Waals surface area contributed by atoms with Crippen molar-refractivity contribution in [2.45, 2.75) is 25.2 Å². The molecular weight excluding hydrogens is 396 g/mol. The first-order valence-electron chi connectivity index (χ1n) is 9.97. The van der Waals surface area contributed by atoms with Crippen molar-refractivity contribution in [2.24, 2.45) is 7.05 Å². The summed E-state index contributed by atoms with van der Waals surface area (Å²) in [5.41, 5.74) is 4.79. The maximum atomic E-state index is 13.1. The SMILES string of the molecule is Cn1cc(C2C(=O)C(=CC3=[N+](C)c4ccc(Cl)cc4C3(C)C)C2=O)c2ccccc21. The van der Waals surface area contributed by atoms with Crippen molar-refractivity contribution in [3.8, 4) is 0 Å². The number of carbonyl (C=O) groups excluding carboxylic acids is 2. The highest BCUT2D eigenvalue weighted by molar-refractivity contribution is 6.43. The van der Waals surface area contributed by atoms with Gasteiger partial charge in [0.1, 0.15) is 13.0 Å². The lowest BCUT2D eigenvalue weighted by Gasteiger charge is -2.26. The number of aromatic nitrogens is 1. The Hall–Kier alpha value is -2.98. The molecule has 2 heterocycles. The number of allylic oxidation sites excluding steroid dienone is 2. The largest absolute Gasteiger partial charge is 0.350 e. The average molecular weight is 418 g/mol. The molecule has 30 heavy (non-hydrogen) atoms. The summed E-state index contributed by atoms with van der Waals surface area (Å²) in [5, 5.41) is 1.63. The van der Waals surface area contributed by atoms with Crippen molar-refractivity contribution in [2.75, 3.05) is 7.05 Å². The zero-order valence-corrected chi connectivity index (χ0v) is 18.1. The van der Waals surface area contributed by atoms with E-state index in [1.165, 1.54) is 0 Å². The maximum absolute atomic E-state index is 13.1. The van der Waals surface area contributed by atoms with E-state index in [9.17, 15) is 9.59 Å². The number of hydrogen-bond donors (Lipinski definition) is 0. The number of ketones is 2. The van der Waals surface area contributed by atoms with E-state index < -0.39 is 5.92 Å². The first kappa shape index (κ1) is 19.0. The fourth-order valence-electron chi connectivity index (χ4n) is 4.90. The molecule has 1 aromatic heterocycles. The Kier molecular flexibility index (Phi) is 3.97. The molecule has 1 aliphatic heterocycles. The van der Waals surface area contributed by atoms with Crippen LogP contribution in [0.4, 0.5) is 5.69 Å². The molecule has 0 saturated heterocycles. The summed E-state index contributed by atoms with van der Waals surface area (Å²) in [6, 6.07) is 13.7. The van der Waals surface area contributed by atoms with Crippen LogP contribution in [-0.4, -0.2) is 33.5 Å². The highest BCUT2D eigenvalue weighted by atomic mass is 35.5. The number of para-hydroxylation sites is 1. The second kappa shape index (κ2) is 6.26. The van der Waals surface area contributed by atoms with Crippen LogP contribution >= 0.6 is 11.6 Å². The lowest BCUT2D eigenvalue weighted by Crippen LogP contribution is -2.40. The molecule has 5 heteroatoms. The smallest absolute Gasteiger partial charge is 0.209 e. The molecule has 2 aliphatic rings. The first-order valence-corrected chi connectivity index (χ1v) is 10.3. The molecule has 150 valence electrons. The van der Waals surface area contributed by atoms with Crippen molar-refractivity contribution in [3.63, 3.8) is 0 Å². The van der Waals surface area contributed by atoms with Crippen LogP contribution in [0.5, 0.6) is 0 Å². The van der Waals surface area contributed by atoms with Crippen LogP contribution in [-0.2, 0) is 22.1 Å². The number of rotatable bonds is 2. The number of hydrogen-bond acceptors (Lipinski definition) is 2. The van der Waals surface area contributed by atoms with Crippen molar-refractivity contribution in [1.82, 2.24) is 4.57 Å². The van der Waals surface area contributed by atoms with Crippen molar-refractivity contribution in [1.29, 1.82) is 0 Å². The lowest BCUT2D eigenvalue weighted by molar-refractivity contribution is -0.401. The van der Waals surface area contributed by atoms with Gasteiger partial charge in [-0.1, -0.05) is 29.8 Å². The molecule has 0 atom stereocenters. The second-order valence-corrected chi connectivity index (χ2v) is 9.10. The normalized spacial score (nSPS) is 20.0. The van der Waals surface area contributed by atoms with Gasteiger partial charge in [0.15, 0.2) is 17.3 Å². The van der Waals surface area contributed by atoms with E-state index in [4.69, 9.17) is 11.6 Å². The standard InChI is InChI=1S/C25H22ClN2O2/c1-25(2)18-11-14(26)9-10-20(18)28(4)21(25)12-16-23(29)22(24(16)30)17-13-27(3)19-8-6-5-7-15(17)19/h5-13,22H,1-4H3/q+1. The van der Waals surface area contributed by atoms with Gasteiger partial charge in [0.2, 0.25) is 5.69 Å². The number of fused-ring (bicyclic) bond motifs is 2. The summed E-state index contributed by atoms with van der Waals surface area (Å²) in [7, 11) is 3.90. The van der Waals surface area contributed by atoms with Crippen LogP contribution in [0, 0.1) is 0 Å². The fraction of sp³-hybridized carbons (Fsp3) is 0.240. The maximum Gasteiger partial charge on any atom is 0.209 e. The van der Waals surface area contributed by atoms with E-state index >= 15 is 0 Å². The van der Waals surface area contributed by atoms with E-state index in [0.29, 0.717) is 5.02 Å². The van der Waals surface area contributed by atoms with Gasteiger partial charge in [0, 0.05) is 46.9 Å². The van der Waals surface area contributed by atoms with Gasteiger partial charge in [-0.15, -0.1) is 0 Å². The number of aryl methyl sites for hydroxylation is 1. The van der Waals surface area contributed by atoms with E-state index in [0.717, 1.165) is 33.4 Å². The summed E-state index contributed by atoms with van der Waals surface area (Å²) in [5.74, 6) is -0.932. The third-order valence-electron chi connectivity index (χ3n) is 6.57. The summed E-state index contributed by atoms with van der Waals surface area (Å²) < 4.78 is 4.01. The molecule has 2 aromatic carbocycles. The van der Waals surface area contributed by atoms with Gasteiger partial charge >= 0.3 is 0 Å². The summed E-state index contributed by atoms with van der Waals surface area (Å²) >= 11 is 6.22. The molecule has 3 aromatic rings. The third kappa shape index (κ3) is 2.43. The van der Waals surface area contributed by atoms with Crippen LogP contribution in [0.2, 0.25) is 5.02 Å². The lowest BCUT2D eigenvalue weighted by atomic mass is 9.71.